The van der Waals surface area contributed by atoms with Gasteiger partial charge in [-0.05, 0) is 58.6 Å². The second kappa shape index (κ2) is 6.42. The van der Waals surface area contributed by atoms with Gasteiger partial charge < -0.3 is 4.90 Å². The van der Waals surface area contributed by atoms with Gasteiger partial charge in [-0.25, -0.2) is 4.99 Å². The lowest BCUT2D eigenvalue weighted by molar-refractivity contribution is 1.01. The standard InChI is InChI=1S/C22H13Cl3N2/c23-15-5-7-22(20(25)9-15)27-11-18-16-10-17-13(2-1-3-19(17)24)8-14(16)4-6-21(18)26-12-27/h1-10,12H,11H2. The van der Waals surface area contributed by atoms with Gasteiger partial charge in [-0.2, -0.15) is 0 Å². The number of hydrogen-bond donors (Lipinski definition) is 0. The summed E-state index contributed by atoms with van der Waals surface area (Å²) in [5, 5.41) is 6.47. The zero-order chi connectivity index (χ0) is 18.5. The lowest BCUT2D eigenvalue weighted by Gasteiger charge is -2.26. The molecule has 0 atom stereocenters. The molecule has 132 valence electrons. The van der Waals surface area contributed by atoms with Crippen molar-refractivity contribution in [2.75, 3.05) is 4.90 Å². The van der Waals surface area contributed by atoms with E-state index in [1.165, 1.54) is 5.39 Å². The Morgan fingerprint density at radius 2 is 1.63 bits per heavy atom. The van der Waals surface area contributed by atoms with Crippen molar-refractivity contribution in [3.05, 3.63) is 81.3 Å². The first-order chi connectivity index (χ1) is 13.1. The number of benzene rings is 4. The van der Waals surface area contributed by atoms with E-state index in [2.05, 4.69) is 35.3 Å². The van der Waals surface area contributed by atoms with Gasteiger partial charge in [0.15, 0.2) is 0 Å². The zero-order valence-electron chi connectivity index (χ0n) is 14.1. The van der Waals surface area contributed by atoms with Gasteiger partial charge in [0.05, 0.1) is 29.3 Å². The molecule has 0 aromatic heterocycles. The Balaban J connectivity index is 1.69. The van der Waals surface area contributed by atoms with Crippen molar-refractivity contribution in [2.45, 2.75) is 6.54 Å². The number of aliphatic imine (C=N–C) groups is 1. The molecule has 0 amide bonds. The highest BCUT2D eigenvalue weighted by Crippen LogP contribution is 2.38. The maximum atomic E-state index is 6.43. The summed E-state index contributed by atoms with van der Waals surface area (Å²) in [6.45, 7) is 0.674. The van der Waals surface area contributed by atoms with Crippen LogP contribution in [0.25, 0.3) is 21.5 Å². The molecule has 1 aliphatic rings. The summed E-state index contributed by atoms with van der Waals surface area (Å²) in [5.41, 5.74) is 3.00. The van der Waals surface area contributed by atoms with E-state index in [4.69, 9.17) is 34.8 Å². The number of fused-ring (bicyclic) bond motifs is 4. The second-order valence-electron chi connectivity index (χ2n) is 6.57. The molecule has 0 fully saturated rings. The Labute approximate surface area is 171 Å². The topological polar surface area (TPSA) is 15.6 Å². The van der Waals surface area contributed by atoms with Crippen LogP contribution in [0.1, 0.15) is 5.56 Å². The van der Waals surface area contributed by atoms with Crippen molar-refractivity contribution < 1.29 is 0 Å². The summed E-state index contributed by atoms with van der Waals surface area (Å²) in [6, 6.07) is 20.0. The minimum absolute atomic E-state index is 0.603. The lowest BCUT2D eigenvalue weighted by atomic mass is 9.97. The van der Waals surface area contributed by atoms with Gasteiger partial charge in [0, 0.05) is 21.0 Å². The highest BCUT2D eigenvalue weighted by Gasteiger charge is 2.18. The van der Waals surface area contributed by atoms with Crippen molar-refractivity contribution in [3.8, 4) is 0 Å². The van der Waals surface area contributed by atoms with Gasteiger partial charge in [-0.15, -0.1) is 0 Å². The van der Waals surface area contributed by atoms with E-state index >= 15 is 0 Å². The molecular weight excluding hydrogens is 399 g/mol. The third-order valence-corrected chi connectivity index (χ3v) is 5.80. The van der Waals surface area contributed by atoms with E-state index in [-0.39, 0.29) is 0 Å². The smallest absolute Gasteiger partial charge is 0.0960 e. The van der Waals surface area contributed by atoms with Gasteiger partial charge in [0.2, 0.25) is 0 Å². The average Bonchev–Trinajstić information content (AvgIpc) is 2.67. The van der Waals surface area contributed by atoms with Crippen molar-refractivity contribution >= 4 is 74.1 Å². The van der Waals surface area contributed by atoms with Crippen LogP contribution in [0.4, 0.5) is 11.4 Å². The van der Waals surface area contributed by atoms with Crippen molar-refractivity contribution in [1.29, 1.82) is 0 Å². The third kappa shape index (κ3) is 2.85. The number of hydrogen-bond acceptors (Lipinski definition) is 2. The molecule has 5 heteroatoms. The van der Waals surface area contributed by atoms with Gasteiger partial charge in [0.25, 0.3) is 0 Å². The molecular formula is C22H13Cl3N2. The Hall–Kier alpha value is -2.26. The maximum Gasteiger partial charge on any atom is 0.0960 e. The average molecular weight is 412 g/mol. The van der Waals surface area contributed by atoms with E-state index in [0.717, 1.165) is 38.1 Å². The van der Waals surface area contributed by atoms with Gasteiger partial charge >= 0.3 is 0 Å². The first kappa shape index (κ1) is 16.9. The molecule has 27 heavy (non-hydrogen) atoms. The Morgan fingerprint density at radius 1 is 0.778 bits per heavy atom. The molecule has 0 spiro atoms. The molecule has 0 N–H and O–H groups in total. The van der Waals surface area contributed by atoms with Crippen molar-refractivity contribution in [2.24, 2.45) is 4.99 Å². The minimum atomic E-state index is 0.603. The van der Waals surface area contributed by atoms with E-state index in [1.807, 2.05) is 35.5 Å². The van der Waals surface area contributed by atoms with Crippen LogP contribution >= 0.6 is 34.8 Å². The summed E-state index contributed by atoms with van der Waals surface area (Å²) in [6.07, 6.45) is 1.82. The highest BCUT2D eigenvalue weighted by molar-refractivity contribution is 6.37. The minimum Gasteiger partial charge on any atom is -0.327 e. The Bertz CT molecular complexity index is 1250. The third-order valence-electron chi connectivity index (χ3n) is 4.94. The van der Waals surface area contributed by atoms with Crippen molar-refractivity contribution in [1.82, 2.24) is 0 Å². The quantitative estimate of drug-likeness (QED) is 0.294. The van der Waals surface area contributed by atoms with Crippen LogP contribution in [0.15, 0.2) is 65.7 Å². The first-order valence-corrected chi connectivity index (χ1v) is 9.63. The second-order valence-corrected chi connectivity index (χ2v) is 7.82. The largest absolute Gasteiger partial charge is 0.327 e. The fourth-order valence-electron chi connectivity index (χ4n) is 3.60. The molecule has 4 aromatic rings. The van der Waals surface area contributed by atoms with Crippen LogP contribution in [0, 0.1) is 0 Å². The summed E-state index contributed by atoms with van der Waals surface area (Å²) < 4.78 is 0. The number of halogens is 3. The normalized spacial score (nSPS) is 13.4. The van der Waals surface area contributed by atoms with E-state index in [0.29, 0.717) is 16.6 Å². The van der Waals surface area contributed by atoms with Crippen LogP contribution in [0.2, 0.25) is 15.1 Å². The molecule has 4 aromatic carbocycles. The van der Waals surface area contributed by atoms with Crippen molar-refractivity contribution in [3.63, 3.8) is 0 Å². The van der Waals surface area contributed by atoms with Crippen LogP contribution < -0.4 is 4.90 Å². The number of anilines is 1. The SMILES string of the molecule is Clc1ccc(N2C=Nc3ccc4cc5cccc(Cl)c5cc4c3C2)c(Cl)c1. The van der Waals surface area contributed by atoms with E-state index < -0.39 is 0 Å². The first-order valence-electron chi connectivity index (χ1n) is 8.50. The highest BCUT2D eigenvalue weighted by atomic mass is 35.5. The molecule has 0 aliphatic carbocycles. The zero-order valence-corrected chi connectivity index (χ0v) is 16.4. The summed E-state index contributed by atoms with van der Waals surface area (Å²) >= 11 is 18.9. The monoisotopic (exact) mass is 410 g/mol. The Kier molecular flexibility index (Phi) is 4.01. The molecule has 0 saturated heterocycles. The maximum absolute atomic E-state index is 6.43. The summed E-state index contributed by atoms with van der Waals surface area (Å²) in [7, 11) is 0. The predicted octanol–water partition coefficient (Wildman–Crippen LogP) is 7.63. The molecule has 0 saturated carbocycles. The van der Waals surface area contributed by atoms with Crippen LogP contribution in [-0.2, 0) is 6.54 Å². The van der Waals surface area contributed by atoms with Crippen LogP contribution in [0.5, 0.6) is 0 Å². The number of rotatable bonds is 1. The Morgan fingerprint density at radius 3 is 2.48 bits per heavy atom. The summed E-state index contributed by atoms with van der Waals surface area (Å²) in [4.78, 5) is 6.68. The van der Waals surface area contributed by atoms with Crippen LogP contribution in [0.3, 0.4) is 0 Å². The van der Waals surface area contributed by atoms with Gasteiger partial charge in [0.1, 0.15) is 0 Å². The summed E-state index contributed by atoms with van der Waals surface area (Å²) in [5.74, 6) is 0. The molecule has 1 aliphatic heterocycles. The van der Waals surface area contributed by atoms with E-state index in [1.54, 1.807) is 6.07 Å². The van der Waals surface area contributed by atoms with Crippen LogP contribution in [-0.4, -0.2) is 6.34 Å². The molecule has 2 nitrogen and oxygen atoms in total. The van der Waals surface area contributed by atoms with E-state index in [9.17, 15) is 0 Å². The molecule has 0 bridgehead atoms. The molecule has 0 radical (unpaired) electrons. The fraction of sp³-hybridized carbons (Fsp3) is 0.0455. The fourth-order valence-corrected chi connectivity index (χ4v) is 4.36. The molecule has 5 rings (SSSR count). The van der Waals surface area contributed by atoms with Gasteiger partial charge in [-0.1, -0.05) is 53.0 Å². The predicted molar refractivity (Wildman–Crippen MR) is 117 cm³/mol. The molecule has 0 unspecified atom stereocenters. The molecule has 1 heterocycles. The number of nitrogens with zero attached hydrogens (tertiary/aromatic N) is 2. The lowest BCUT2D eigenvalue weighted by Crippen LogP contribution is -2.23. The van der Waals surface area contributed by atoms with Gasteiger partial charge in [-0.3, -0.25) is 0 Å².